The van der Waals surface area contributed by atoms with Gasteiger partial charge in [0, 0.05) is 18.2 Å². The Morgan fingerprint density at radius 1 is 1.09 bits per heavy atom. The molecule has 23 heavy (non-hydrogen) atoms. The van der Waals surface area contributed by atoms with Gasteiger partial charge in [-0.15, -0.1) is 0 Å². The van der Waals surface area contributed by atoms with Crippen LogP contribution in [-0.4, -0.2) is 31.6 Å². The first kappa shape index (κ1) is 16.1. The molecule has 5 heteroatoms. The van der Waals surface area contributed by atoms with Crippen LogP contribution < -0.4 is 5.32 Å². The van der Waals surface area contributed by atoms with Gasteiger partial charge in [-0.3, -0.25) is 0 Å². The maximum Gasteiger partial charge on any atom is 0.416 e. The first-order chi connectivity index (χ1) is 10.9. The molecule has 0 radical (unpaired) electrons. The molecule has 2 aliphatic heterocycles. The zero-order valence-electron chi connectivity index (χ0n) is 13.2. The van der Waals surface area contributed by atoms with Crippen molar-refractivity contribution in [3.63, 3.8) is 0 Å². The van der Waals surface area contributed by atoms with E-state index in [1.165, 1.54) is 12.1 Å². The van der Waals surface area contributed by atoms with Crippen LogP contribution in [0.4, 0.5) is 13.2 Å². The van der Waals surface area contributed by atoms with Gasteiger partial charge in [-0.1, -0.05) is 24.3 Å². The summed E-state index contributed by atoms with van der Waals surface area (Å²) in [4.78, 5) is 2.27. The van der Waals surface area contributed by atoms with E-state index in [4.69, 9.17) is 0 Å². The summed E-state index contributed by atoms with van der Waals surface area (Å²) in [6.07, 6.45) is 3.73. The fourth-order valence-electron chi connectivity index (χ4n) is 3.49. The summed E-state index contributed by atoms with van der Waals surface area (Å²) in [5, 5.41) is 3.23. The summed E-state index contributed by atoms with van der Waals surface area (Å²) in [5.74, 6) is 0. The van der Waals surface area contributed by atoms with Crippen LogP contribution in [0.3, 0.4) is 0 Å². The minimum Gasteiger partial charge on any atom is -0.387 e. The van der Waals surface area contributed by atoms with Gasteiger partial charge in [0.05, 0.1) is 5.56 Å². The predicted molar refractivity (Wildman–Crippen MR) is 85.1 cm³/mol. The quantitative estimate of drug-likeness (QED) is 0.893. The van der Waals surface area contributed by atoms with Crippen LogP contribution in [0.1, 0.15) is 24.0 Å². The first-order valence-electron chi connectivity index (χ1n) is 7.89. The highest BCUT2D eigenvalue weighted by atomic mass is 19.4. The molecule has 0 aromatic heterocycles. The van der Waals surface area contributed by atoms with Crippen LogP contribution in [0, 0.1) is 0 Å². The van der Waals surface area contributed by atoms with E-state index in [1.807, 2.05) is 6.20 Å². The molecule has 0 aliphatic carbocycles. The number of halogens is 3. The zero-order chi connectivity index (χ0) is 16.5. The number of nitrogens with one attached hydrogen (secondary N) is 1. The summed E-state index contributed by atoms with van der Waals surface area (Å²) in [6, 6.07) is 5.71. The fraction of sp³-hybridized carbons (Fsp3) is 0.444. The van der Waals surface area contributed by atoms with E-state index in [-0.39, 0.29) is 5.41 Å². The number of nitrogens with zero attached hydrogens (tertiary/aromatic N) is 1. The molecule has 0 atom stereocenters. The van der Waals surface area contributed by atoms with Gasteiger partial charge in [-0.25, -0.2) is 0 Å². The lowest BCUT2D eigenvalue weighted by Crippen LogP contribution is -2.42. The highest BCUT2D eigenvalue weighted by Gasteiger charge is 2.39. The minimum absolute atomic E-state index is 0.208. The van der Waals surface area contributed by atoms with Gasteiger partial charge in [0.2, 0.25) is 0 Å². The molecular formula is C18H21F3N2. The van der Waals surface area contributed by atoms with Crippen molar-refractivity contribution in [1.29, 1.82) is 0 Å². The second-order valence-corrected chi connectivity index (χ2v) is 6.37. The van der Waals surface area contributed by atoms with Crippen LogP contribution in [-0.2, 0) is 11.6 Å². The van der Waals surface area contributed by atoms with E-state index in [2.05, 4.69) is 29.4 Å². The highest BCUT2D eigenvalue weighted by Crippen LogP contribution is 2.43. The Morgan fingerprint density at radius 2 is 1.74 bits per heavy atom. The maximum atomic E-state index is 12.8. The molecule has 1 saturated heterocycles. The summed E-state index contributed by atoms with van der Waals surface area (Å²) >= 11 is 0. The average molecular weight is 322 g/mol. The predicted octanol–water partition coefficient (Wildman–Crippen LogP) is 3.71. The van der Waals surface area contributed by atoms with Gasteiger partial charge in [-0.05, 0) is 56.2 Å². The van der Waals surface area contributed by atoms with E-state index in [0.717, 1.165) is 43.6 Å². The van der Waals surface area contributed by atoms with Crippen LogP contribution in [0.5, 0.6) is 0 Å². The number of piperidine rings is 1. The van der Waals surface area contributed by atoms with Crippen molar-refractivity contribution >= 4 is 0 Å². The molecule has 124 valence electrons. The molecule has 1 fully saturated rings. The number of hydrogen-bond acceptors (Lipinski definition) is 2. The Hall–Kier alpha value is -1.75. The van der Waals surface area contributed by atoms with Crippen LogP contribution in [0.15, 0.2) is 48.2 Å². The number of likely N-dealkylation sites (tertiary alicyclic amines) is 1. The average Bonchev–Trinajstić information content (AvgIpc) is 2.56. The molecule has 0 spiro atoms. The number of rotatable bonds is 2. The highest BCUT2D eigenvalue weighted by molar-refractivity contribution is 5.44. The van der Waals surface area contributed by atoms with Crippen molar-refractivity contribution in [1.82, 2.24) is 10.2 Å². The molecule has 1 aromatic carbocycles. The number of benzene rings is 1. The summed E-state index contributed by atoms with van der Waals surface area (Å²) < 4.78 is 38.5. The number of allylic oxidation sites excluding steroid dienone is 2. The Balaban J connectivity index is 1.99. The second kappa shape index (κ2) is 6.04. The third-order valence-corrected chi connectivity index (χ3v) is 4.95. The smallest absolute Gasteiger partial charge is 0.387 e. The van der Waals surface area contributed by atoms with Crippen LogP contribution in [0.25, 0.3) is 0 Å². The number of dihydropyridines is 1. The van der Waals surface area contributed by atoms with Crippen molar-refractivity contribution in [2.75, 3.05) is 26.7 Å². The lowest BCUT2D eigenvalue weighted by Gasteiger charge is -2.43. The van der Waals surface area contributed by atoms with Crippen molar-refractivity contribution in [2.45, 2.75) is 24.4 Å². The third-order valence-electron chi connectivity index (χ3n) is 4.95. The molecule has 0 saturated carbocycles. The molecule has 3 rings (SSSR count). The zero-order valence-corrected chi connectivity index (χ0v) is 13.2. The van der Waals surface area contributed by atoms with Crippen LogP contribution in [0.2, 0.25) is 0 Å². The summed E-state index contributed by atoms with van der Waals surface area (Å²) in [5.41, 5.74) is 1.34. The topological polar surface area (TPSA) is 15.3 Å². The van der Waals surface area contributed by atoms with E-state index in [9.17, 15) is 13.2 Å². The fourth-order valence-corrected chi connectivity index (χ4v) is 3.49. The maximum absolute atomic E-state index is 12.8. The lowest BCUT2D eigenvalue weighted by atomic mass is 9.67. The second-order valence-electron chi connectivity index (χ2n) is 6.37. The summed E-state index contributed by atoms with van der Waals surface area (Å²) in [7, 11) is 2.08. The lowest BCUT2D eigenvalue weighted by molar-refractivity contribution is -0.137. The van der Waals surface area contributed by atoms with Crippen molar-refractivity contribution in [3.05, 3.63) is 59.3 Å². The normalized spacial score (nSPS) is 21.7. The molecule has 0 unspecified atom stereocenters. The largest absolute Gasteiger partial charge is 0.416 e. The van der Waals surface area contributed by atoms with E-state index >= 15 is 0 Å². The van der Waals surface area contributed by atoms with E-state index in [1.54, 1.807) is 12.1 Å². The van der Waals surface area contributed by atoms with Crippen LogP contribution >= 0.6 is 0 Å². The van der Waals surface area contributed by atoms with Gasteiger partial charge in [0.25, 0.3) is 0 Å². The molecule has 0 bridgehead atoms. The van der Waals surface area contributed by atoms with Gasteiger partial charge in [0.1, 0.15) is 0 Å². The van der Waals surface area contributed by atoms with Crippen molar-refractivity contribution in [2.24, 2.45) is 0 Å². The van der Waals surface area contributed by atoms with Gasteiger partial charge in [-0.2, -0.15) is 13.2 Å². The number of hydrogen-bond donors (Lipinski definition) is 1. The van der Waals surface area contributed by atoms with E-state index < -0.39 is 11.7 Å². The molecule has 2 nitrogen and oxygen atoms in total. The number of alkyl halides is 3. The van der Waals surface area contributed by atoms with Crippen molar-refractivity contribution < 1.29 is 13.2 Å². The summed E-state index contributed by atoms with van der Waals surface area (Å²) in [6.45, 7) is 2.67. The molecular weight excluding hydrogens is 301 g/mol. The Kier molecular flexibility index (Phi) is 4.23. The molecule has 2 heterocycles. The first-order valence-corrected chi connectivity index (χ1v) is 7.89. The molecule has 2 aliphatic rings. The third kappa shape index (κ3) is 3.15. The van der Waals surface area contributed by atoms with Gasteiger partial charge >= 0.3 is 6.18 Å². The molecule has 0 amide bonds. The van der Waals surface area contributed by atoms with E-state index in [0.29, 0.717) is 0 Å². The van der Waals surface area contributed by atoms with Gasteiger partial charge in [0.15, 0.2) is 0 Å². The standard InChI is InChI=1S/C18H21F3N2/c1-23-11-8-17(9-12-23,16-3-2-10-22-13-16)14-4-6-15(7-5-14)18(19,20)21/h2-7,13,22H,8-12H2,1H3. The Labute approximate surface area is 134 Å². The Bertz CT molecular complexity index is 606. The Morgan fingerprint density at radius 3 is 2.26 bits per heavy atom. The molecule has 1 aromatic rings. The minimum atomic E-state index is -4.29. The SMILES string of the molecule is CN1CCC(C2=CNCC=C2)(c2ccc(C(F)(F)F)cc2)CC1. The monoisotopic (exact) mass is 322 g/mol. The van der Waals surface area contributed by atoms with Crippen molar-refractivity contribution in [3.8, 4) is 0 Å². The van der Waals surface area contributed by atoms with Gasteiger partial charge < -0.3 is 10.2 Å². The molecule has 1 N–H and O–H groups in total.